The molecular weight excluding hydrogens is 484 g/mol. The number of non-ortho nitro benzene ring substituents is 1. The Morgan fingerprint density at radius 1 is 1.03 bits per heavy atom. The number of fused-ring (bicyclic) bond motifs is 1. The van der Waals surface area contributed by atoms with Gasteiger partial charge < -0.3 is 9.88 Å². The van der Waals surface area contributed by atoms with Crippen LogP contribution in [0, 0.1) is 24.0 Å². The molecule has 0 aliphatic carbocycles. The van der Waals surface area contributed by atoms with Crippen molar-refractivity contribution in [3.8, 4) is 0 Å². The Hall–Kier alpha value is -4.12. The minimum atomic E-state index is -0.447. The van der Waals surface area contributed by atoms with Crippen molar-refractivity contribution in [2.24, 2.45) is 0 Å². The summed E-state index contributed by atoms with van der Waals surface area (Å²) in [7, 11) is 0. The van der Waals surface area contributed by atoms with Gasteiger partial charge >= 0.3 is 0 Å². The number of nitro groups is 1. The molecule has 2 aromatic carbocycles. The normalized spacial score (nSPS) is 15.7. The highest BCUT2D eigenvalue weighted by Gasteiger charge is 2.35. The number of piperazine rings is 1. The van der Waals surface area contributed by atoms with Gasteiger partial charge in [0.05, 0.1) is 16.0 Å². The Morgan fingerprint density at radius 3 is 2.34 bits per heavy atom. The van der Waals surface area contributed by atoms with Gasteiger partial charge in [0.1, 0.15) is 6.04 Å². The zero-order valence-corrected chi connectivity index (χ0v) is 22.3. The van der Waals surface area contributed by atoms with Crippen molar-refractivity contribution in [1.29, 1.82) is 0 Å². The SMILES string of the molecule is Cc1cc(C)c2[nH]c(=O)c([C@H](c3nnnn3C(C)(C)C)N3CCN(c4ccc([N+](=O)[O-])cc4)CC3)cc2c1. The van der Waals surface area contributed by atoms with Crippen molar-refractivity contribution in [2.75, 3.05) is 31.1 Å². The van der Waals surface area contributed by atoms with Gasteiger partial charge in [0.15, 0.2) is 5.82 Å². The van der Waals surface area contributed by atoms with Crippen molar-refractivity contribution in [2.45, 2.75) is 46.2 Å². The predicted molar refractivity (Wildman–Crippen MR) is 146 cm³/mol. The fourth-order valence-corrected chi connectivity index (χ4v) is 5.27. The molecule has 1 aliphatic heterocycles. The highest BCUT2D eigenvalue weighted by molar-refractivity contribution is 5.83. The zero-order chi connectivity index (χ0) is 27.2. The molecule has 38 heavy (non-hydrogen) atoms. The van der Waals surface area contributed by atoms with Crippen molar-refractivity contribution in [3.63, 3.8) is 0 Å². The molecule has 11 heteroatoms. The number of aryl methyl sites for hydroxylation is 2. The molecule has 1 saturated heterocycles. The summed E-state index contributed by atoms with van der Waals surface area (Å²) >= 11 is 0. The molecular formula is C27H32N8O3. The molecule has 0 spiro atoms. The average molecular weight is 517 g/mol. The number of benzene rings is 2. The zero-order valence-electron chi connectivity index (χ0n) is 22.3. The van der Waals surface area contributed by atoms with E-state index in [4.69, 9.17) is 0 Å². The molecule has 0 unspecified atom stereocenters. The second-order valence-corrected chi connectivity index (χ2v) is 10.9. The third-order valence-electron chi connectivity index (χ3n) is 7.10. The summed E-state index contributed by atoms with van der Waals surface area (Å²) in [4.78, 5) is 31.8. The molecule has 1 N–H and O–H groups in total. The van der Waals surface area contributed by atoms with Gasteiger partial charge in [-0.15, -0.1) is 5.10 Å². The average Bonchev–Trinajstić information content (AvgIpc) is 3.36. The van der Waals surface area contributed by atoms with Gasteiger partial charge in [-0.1, -0.05) is 11.6 Å². The molecule has 2 aromatic heterocycles. The van der Waals surface area contributed by atoms with E-state index in [2.05, 4.69) is 42.4 Å². The van der Waals surface area contributed by atoms with Crippen LogP contribution >= 0.6 is 0 Å². The summed E-state index contributed by atoms with van der Waals surface area (Å²) in [5, 5.41) is 24.7. The van der Waals surface area contributed by atoms with Gasteiger partial charge in [-0.05, 0) is 80.3 Å². The molecule has 1 atom stereocenters. The topological polar surface area (TPSA) is 126 Å². The number of aromatic amines is 1. The quantitative estimate of drug-likeness (QED) is 0.314. The smallest absolute Gasteiger partial charge is 0.269 e. The fourth-order valence-electron chi connectivity index (χ4n) is 5.27. The molecule has 1 aliphatic rings. The fraction of sp³-hybridized carbons (Fsp3) is 0.407. The Bertz CT molecular complexity index is 1540. The maximum absolute atomic E-state index is 13.6. The summed E-state index contributed by atoms with van der Waals surface area (Å²) in [6.07, 6.45) is 0. The van der Waals surface area contributed by atoms with Crippen LogP contribution in [0.3, 0.4) is 0 Å². The van der Waals surface area contributed by atoms with Gasteiger partial charge in [-0.25, -0.2) is 4.68 Å². The minimum absolute atomic E-state index is 0.0717. The number of hydrogen-bond donors (Lipinski definition) is 1. The number of nitro benzene ring substituents is 1. The Morgan fingerprint density at radius 2 is 1.71 bits per heavy atom. The summed E-state index contributed by atoms with van der Waals surface area (Å²) < 4.78 is 1.80. The minimum Gasteiger partial charge on any atom is -0.369 e. The lowest BCUT2D eigenvalue weighted by molar-refractivity contribution is -0.384. The van der Waals surface area contributed by atoms with Crippen LogP contribution in [-0.2, 0) is 5.54 Å². The monoisotopic (exact) mass is 516 g/mol. The summed E-state index contributed by atoms with van der Waals surface area (Å²) in [5.74, 6) is 0.621. The maximum Gasteiger partial charge on any atom is 0.269 e. The first kappa shape index (κ1) is 25.5. The van der Waals surface area contributed by atoms with Crippen molar-refractivity contribution >= 4 is 22.3 Å². The molecule has 4 aromatic rings. The number of nitrogens with one attached hydrogen (secondary N) is 1. The number of anilines is 1. The first-order valence-corrected chi connectivity index (χ1v) is 12.7. The maximum atomic E-state index is 13.6. The van der Waals surface area contributed by atoms with Crippen molar-refractivity contribution < 1.29 is 4.92 Å². The number of rotatable bonds is 5. The van der Waals surface area contributed by atoms with Crippen LogP contribution in [0.15, 0.2) is 47.3 Å². The van der Waals surface area contributed by atoms with E-state index in [9.17, 15) is 14.9 Å². The number of pyridine rings is 1. The van der Waals surface area contributed by atoms with Crippen LogP contribution < -0.4 is 10.5 Å². The Balaban J connectivity index is 1.53. The van der Waals surface area contributed by atoms with Gasteiger partial charge in [0.25, 0.3) is 11.2 Å². The summed E-state index contributed by atoms with van der Waals surface area (Å²) in [5.41, 5.74) is 4.05. The lowest BCUT2D eigenvalue weighted by Crippen LogP contribution is -2.49. The molecule has 11 nitrogen and oxygen atoms in total. The molecule has 5 rings (SSSR count). The Labute approximate surface area is 220 Å². The second-order valence-electron chi connectivity index (χ2n) is 10.9. The molecule has 198 valence electrons. The molecule has 0 radical (unpaired) electrons. The van der Waals surface area contributed by atoms with E-state index in [1.165, 1.54) is 12.1 Å². The number of aromatic nitrogens is 5. The van der Waals surface area contributed by atoms with Crippen molar-refractivity contribution in [3.05, 3.63) is 85.4 Å². The molecule has 1 fully saturated rings. The van der Waals surface area contributed by atoms with Gasteiger partial charge in [-0.2, -0.15) is 0 Å². The van der Waals surface area contributed by atoms with Crippen LogP contribution in [0.2, 0.25) is 0 Å². The third kappa shape index (κ3) is 4.76. The first-order chi connectivity index (χ1) is 18.0. The second kappa shape index (κ2) is 9.64. The van der Waals surface area contributed by atoms with Gasteiger partial charge in [-0.3, -0.25) is 19.8 Å². The summed E-state index contributed by atoms with van der Waals surface area (Å²) in [6.45, 7) is 12.8. The summed E-state index contributed by atoms with van der Waals surface area (Å²) in [6, 6.07) is 12.3. The van der Waals surface area contributed by atoms with Crippen LogP contribution in [0.25, 0.3) is 10.9 Å². The lowest BCUT2D eigenvalue weighted by Gasteiger charge is -2.40. The van der Waals surface area contributed by atoms with Crippen LogP contribution in [0.4, 0.5) is 11.4 Å². The van der Waals surface area contributed by atoms with E-state index in [0.29, 0.717) is 37.6 Å². The van der Waals surface area contributed by atoms with E-state index < -0.39 is 11.0 Å². The van der Waals surface area contributed by atoms with Crippen LogP contribution in [0.1, 0.15) is 49.3 Å². The van der Waals surface area contributed by atoms with E-state index in [1.54, 1.807) is 16.8 Å². The van der Waals surface area contributed by atoms with Gasteiger partial charge in [0, 0.05) is 49.6 Å². The number of H-pyrrole nitrogens is 1. The molecule has 0 bridgehead atoms. The third-order valence-corrected chi connectivity index (χ3v) is 7.10. The van der Waals surface area contributed by atoms with Crippen molar-refractivity contribution in [1.82, 2.24) is 30.1 Å². The highest BCUT2D eigenvalue weighted by Crippen LogP contribution is 2.31. The molecule has 0 amide bonds. The molecule has 0 saturated carbocycles. The molecule has 3 heterocycles. The number of nitrogens with zero attached hydrogens (tertiary/aromatic N) is 7. The lowest BCUT2D eigenvalue weighted by atomic mass is 9.99. The standard InChI is InChI=1S/C27H32N8O3/c1-17-14-18(2)23-19(15-17)16-22(26(36)28-23)24(25-29-30-31-34(25)27(3,4)5)33-12-10-32(11-13-33)20-6-8-21(9-7-20)35(37)38/h6-9,14-16,24H,10-13H2,1-5H3,(H,28,36)/t24-/m1/s1. The van der Waals surface area contributed by atoms with E-state index >= 15 is 0 Å². The van der Waals surface area contributed by atoms with E-state index in [1.807, 2.05) is 40.7 Å². The highest BCUT2D eigenvalue weighted by atomic mass is 16.6. The van der Waals surface area contributed by atoms with Crippen LogP contribution in [0.5, 0.6) is 0 Å². The first-order valence-electron chi connectivity index (χ1n) is 12.7. The Kier molecular flexibility index (Phi) is 6.47. The largest absolute Gasteiger partial charge is 0.369 e. The van der Waals surface area contributed by atoms with E-state index in [-0.39, 0.29) is 16.8 Å². The van der Waals surface area contributed by atoms with Crippen LogP contribution in [-0.4, -0.2) is 61.2 Å². The number of tetrazole rings is 1. The van der Waals surface area contributed by atoms with Gasteiger partial charge in [0.2, 0.25) is 0 Å². The number of hydrogen-bond acceptors (Lipinski definition) is 8. The van der Waals surface area contributed by atoms with E-state index in [0.717, 1.165) is 27.7 Å². The predicted octanol–water partition coefficient (Wildman–Crippen LogP) is 3.71.